The average molecular weight is 478 g/mol. The van der Waals surface area contributed by atoms with Gasteiger partial charge in [0.2, 0.25) is 0 Å². The van der Waals surface area contributed by atoms with Crippen LogP contribution in [-0.4, -0.2) is 37.4 Å². The van der Waals surface area contributed by atoms with E-state index in [1.54, 1.807) is 7.11 Å². The first-order valence-electron chi connectivity index (χ1n) is 11.4. The molecule has 7 nitrogen and oxygen atoms in total. The lowest BCUT2D eigenvalue weighted by molar-refractivity contribution is 0.124. The van der Waals surface area contributed by atoms with Crippen molar-refractivity contribution in [2.45, 2.75) is 25.3 Å². The number of fused-ring (bicyclic) bond motifs is 3. The molecule has 0 spiro atoms. The number of piperidine rings is 1. The maximum atomic E-state index is 12.7. The molecule has 3 N–H and O–H groups in total. The minimum Gasteiger partial charge on any atom is -0.495 e. The van der Waals surface area contributed by atoms with E-state index >= 15 is 0 Å². The zero-order valence-electron chi connectivity index (χ0n) is 19.0. The summed E-state index contributed by atoms with van der Waals surface area (Å²) in [4.78, 5) is 29.4. The molecule has 2 aromatic carbocycles. The molecule has 176 valence electrons. The number of rotatable bonds is 6. The number of thiophene rings is 1. The van der Waals surface area contributed by atoms with E-state index in [2.05, 4.69) is 40.2 Å². The van der Waals surface area contributed by atoms with Crippen LogP contribution < -0.4 is 20.9 Å². The lowest BCUT2D eigenvalue weighted by atomic mass is 9.87. The van der Waals surface area contributed by atoms with Crippen LogP contribution in [0.15, 0.2) is 58.7 Å². The lowest BCUT2D eigenvalue weighted by Gasteiger charge is -2.41. The van der Waals surface area contributed by atoms with Crippen LogP contribution in [0.4, 0.5) is 10.5 Å². The van der Waals surface area contributed by atoms with E-state index in [9.17, 15) is 9.59 Å². The van der Waals surface area contributed by atoms with Crippen LogP contribution in [0, 0.1) is 5.92 Å². The fraction of sp³-hybridized carbons (Fsp3) is 0.308. The number of hydrogen-bond acceptors (Lipinski definition) is 6. The SMILES string of the molecule is COc1csc2c(=O)[nH]c3cccc(N4CCC(COC(N)=O)CC4Cc4ccccc4)c3c12. The highest BCUT2D eigenvalue weighted by molar-refractivity contribution is 7.17. The molecule has 2 atom stereocenters. The third-order valence-corrected chi connectivity index (χ3v) is 7.59. The predicted molar refractivity (Wildman–Crippen MR) is 136 cm³/mol. The summed E-state index contributed by atoms with van der Waals surface area (Å²) in [6.45, 7) is 1.14. The number of ether oxygens (including phenoxy) is 2. The van der Waals surface area contributed by atoms with Gasteiger partial charge in [0.1, 0.15) is 10.4 Å². The number of nitrogens with zero attached hydrogens (tertiary/aromatic N) is 1. The quantitative estimate of drug-likeness (QED) is 0.420. The highest BCUT2D eigenvalue weighted by Crippen LogP contribution is 2.41. The van der Waals surface area contributed by atoms with Crippen LogP contribution in [0.5, 0.6) is 5.75 Å². The van der Waals surface area contributed by atoms with Gasteiger partial charge in [-0.05, 0) is 42.9 Å². The Balaban J connectivity index is 1.60. The van der Waals surface area contributed by atoms with Gasteiger partial charge in [-0.25, -0.2) is 4.79 Å². The number of aromatic amines is 1. The number of nitrogens with one attached hydrogen (secondary N) is 1. The number of nitrogens with two attached hydrogens (primary N) is 1. The Labute approximate surface area is 201 Å². The summed E-state index contributed by atoms with van der Waals surface area (Å²) in [7, 11) is 1.64. The summed E-state index contributed by atoms with van der Waals surface area (Å²) in [5.74, 6) is 0.954. The first-order valence-corrected chi connectivity index (χ1v) is 12.3. The molecule has 1 amide bonds. The summed E-state index contributed by atoms with van der Waals surface area (Å²) >= 11 is 1.40. The smallest absolute Gasteiger partial charge is 0.404 e. The Morgan fingerprint density at radius 1 is 1.18 bits per heavy atom. The van der Waals surface area contributed by atoms with Crippen molar-refractivity contribution < 1.29 is 14.3 Å². The van der Waals surface area contributed by atoms with Gasteiger partial charge in [-0.15, -0.1) is 11.3 Å². The Hall–Kier alpha value is -3.52. The minimum atomic E-state index is -0.730. The topological polar surface area (TPSA) is 97.7 Å². The van der Waals surface area contributed by atoms with Gasteiger partial charge < -0.3 is 25.1 Å². The molecule has 0 radical (unpaired) electrons. The molecule has 2 unspecified atom stereocenters. The highest BCUT2D eigenvalue weighted by Gasteiger charge is 2.31. The molecule has 0 bridgehead atoms. The standard InChI is InChI=1S/C26H27N3O4S/c1-32-21-15-34-24-23(21)22-19(28-25(24)30)8-5-9-20(22)29-11-10-17(14-33-26(27)31)13-18(29)12-16-6-3-2-4-7-16/h2-9,15,17-18H,10-14H2,1H3,(H2,27,31)(H,28,30). The third kappa shape index (κ3) is 4.21. The van der Waals surface area contributed by atoms with Gasteiger partial charge in [0.15, 0.2) is 0 Å². The number of methoxy groups -OCH3 is 1. The second kappa shape index (κ2) is 9.38. The van der Waals surface area contributed by atoms with Gasteiger partial charge in [0.05, 0.1) is 24.6 Å². The van der Waals surface area contributed by atoms with Crippen LogP contribution in [0.25, 0.3) is 21.0 Å². The van der Waals surface area contributed by atoms with E-state index in [0.29, 0.717) is 17.1 Å². The van der Waals surface area contributed by atoms with Gasteiger partial charge in [0.25, 0.3) is 5.56 Å². The molecule has 0 aliphatic carbocycles. The van der Waals surface area contributed by atoms with Gasteiger partial charge in [-0.2, -0.15) is 0 Å². The molecule has 34 heavy (non-hydrogen) atoms. The van der Waals surface area contributed by atoms with Crippen molar-refractivity contribution >= 4 is 44.1 Å². The number of aromatic nitrogens is 1. The van der Waals surface area contributed by atoms with Crippen molar-refractivity contribution in [1.82, 2.24) is 4.98 Å². The molecule has 4 aromatic rings. The zero-order valence-corrected chi connectivity index (χ0v) is 19.8. The monoisotopic (exact) mass is 477 g/mol. The molecule has 1 aliphatic heterocycles. The Kier molecular flexibility index (Phi) is 6.15. The number of carbonyl (C=O) groups is 1. The van der Waals surface area contributed by atoms with Crippen LogP contribution in [0.2, 0.25) is 0 Å². The Morgan fingerprint density at radius 2 is 2.00 bits per heavy atom. The number of primary amides is 1. The van der Waals surface area contributed by atoms with E-state index in [1.807, 2.05) is 23.6 Å². The molecule has 5 rings (SSSR count). The van der Waals surface area contributed by atoms with E-state index < -0.39 is 6.09 Å². The Morgan fingerprint density at radius 3 is 2.76 bits per heavy atom. The van der Waals surface area contributed by atoms with Gasteiger partial charge in [-0.3, -0.25) is 4.79 Å². The normalized spacial score (nSPS) is 18.3. The maximum absolute atomic E-state index is 12.7. The van der Waals surface area contributed by atoms with Gasteiger partial charge in [0, 0.05) is 29.0 Å². The number of hydrogen-bond donors (Lipinski definition) is 2. The summed E-state index contributed by atoms with van der Waals surface area (Å²) in [5.41, 5.74) is 8.24. The summed E-state index contributed by atoms with van der Waals surface area (Å²) in [6, 6.07) is 16.6. The highest BCUT2D eigenvalue weighted by atomic mass is 32.1. The molecule has 1 aliphatic rings. The van der Waals surface area contributed by atoms with Crippen molar-refractivity contribution in [1.29, 1.82) is 0 Å². The number of pyridine rings is 1. The number of carbonyl (C=O) groups excluding carboxylic acids is 1. The minimum absolute atomic E-state index is 0.101. The molecule has 1 fully saturated rings. The van der Waals surface area contributed by atoms with E-state index in [-0.39, 0.29) is 17.5 Å². The molecule has 0 saturated carbocycles. The third-order valence-electron chi connectivity index (χ3n) is 6.63. The Bertz CT molecular complexity index is 1380. The fourth-order valence-electron chi connectivity index (χ4n) is 5.10. The molecular formula is C26H27N3O4S. The zero-order chi connectivity index (χ0) is 23.7. The van der Waals surface area contributed by atoms with Crippen LogP contribution in [0.1, 0.15) is 18.4 Å². The molecule has 8 heteroatoms. The maximum Gasteiger partial charge on any atom is 0.404 e. The van der Waals surface area contributed by atoms with Crippen LogP contribution in [0.3, 0.4) is 0 Å². The van der Waals surface area contributed by atoms with Crippen molar-refractivity contribution in [3.05, 3.63) is 69.8 Å². The number of anilines is 1. The molecule has 2 aromatic heterocycles. The summed E-state index contributed by atoms with van der Waals surface area (Å²) in [5, 5.41) is 3.75. The first kappa shape index (κ1) is 22.3. The van der Waals surface area contributed by atoms with E-state index in [0.717, 1.165) is 47.8 Å². The number of benzene rings is 2. The predicted octanol–water partition coefficient (Wildman–Crippen LogP) is 4.67. The van der Waals surface area contributed by atoms with Crippen molar-refractivity contribution in [3.63, 3.8) is 0 Å². The molecule has 1 saturated heterocycles. The second-order valence-electron chi connectivity index (χ2n) is 8.72. The molecule has 3 heterocycles. The summed E-state index contributed by atoms with van der Waals surface area (Å²) in [6.07, 6.45) is 1.87. The van der Waals surface area contributed by atoms with Crippen molar-refractivity contribution in [3.8, 4) is 5.75 Å². The first-order chi connectivity index (χ1) is 16.5. The average Bonchev–Trinajstić information content (AvgIpc) is 3.28. The lowest BCUT2D eigenvalue weighted by Crippen LogP contribution is -2.45. The van der Waals surface area contributed by atoms with Crippen molar-refractivity contribution in [2.75, 3.05) is 25.2 Å². The fourth-order valence-corrected chi connectivity index (χ4v) is 6.02. The van der Waals surface area contributed by atoms with Crippen LogP contribution in [-0.2, 0) is 11.2 Å². The second-order valence-corrected chi connectivity index (χ2v) is 9.60. The van der Waals surface area contributed by atoms with Gasteiger partial charge >= 0.3 is 6.09 Å². The van der Waals surface area contributed by atoms with Gasteiger partial charge in [-0.1, -0.05) is 36.4 Å². The van der Waals surface area contributed by atoms with Crippen LogP contribution >= 0.6 is 11.3 Å². The van der Waals surface area contributed by atoms with E-state index in [4.69, 9.17) is 15.2 Å². The van der Waals surface area contributed by atoms with E-state index in [1.165, 1.54) is 16.9 Å². The number of amides is 1. The largest absolute Gasteiger partial charge is 0.495 e. The molecular weight excluding hydrogens is 450 g/mol. The van der Waals surface area contributed by atoms with Crippen molar-refractivity contribution in [2.24, 2.45) is 11.7 Å². The summed E-state index contributed by atoms with van der Waals surface area (Å²) < 4.78 is 11.5. The number of H-pyrrole nitrogens is 1.